The molecule has 2 aromatic carbocycles. The Labute approximate surface area is 198 Å². The van der Waals surface area contributed by atoms with Crippen LogP contribution in [0.3, 0.4) is 0 Å². The molecule has 4 amide bonds. The zero-order valence-electron chi connectivity index (χ0n) is 19.0. The Hall–Kier alpha value is -3.52. The maximum atomic E-state index is 12.9. The van der Waals surface area contributed by atoms with Gasteiger partial charge in [0.2, 0.25) is 11.8 Å². The van der Waals surface area contributed by atoms with Crippen molar-refractivity contribution in [1.29, 1.82) is 0 Å². The average Bonchev–Trinajstić information content (AvgIpc) is 3.18. The topological polar surface area (TPSA) is 98.8 Å². The largest absolute Gasteiger partial charge is 0.337 e. The Morgan fingerprint density at radius 1 is 1.06 bits per heavy atom. The second-order valence-electron chi connectivity index (χ2n) is 9.23. The van der Waals surface area contributed by atoms with Gasteiger partial charge in [-0.15, -0.1) is 0 Å². The first-order chi connectivity index (χ1) is 16.5. The monoisotopic (exact) mass is 460 g/mol. The molecule has 5 rings (SSSR count). The molecule has 3 aliphatic heterocycles. The molecule has 2 aromatic rings. The smallest absolute Gasteiger partial charge is 0.255 e. The number of piperidine rings is 2. The van der Waals surface area contributed by atoms with Gasteiger partial charge in [-0.2, -0.15) is 0 Å². The van der Waals surface area contributed by atoms with Crippen molar-refractivity contribution in [1.82, 2.24) is 20.4 Å². The van der Waals surface area contributed by atoms with Crippen LogP contribution in [0, 0.1) is 0 Å². The lowest BCUT2D eigenvalue weighted by atomic mass is 10.0. The summed E-state index contributed by atoms with van der Waals surface area (Å²) >= 11 is 0. The number of carbonyl (C=O) groups is 4. The number of nitrogens with one attached hydrogen (secondary N) is 2. The molecule has 0 aliphatic carbocycles. The van der Waals surface area contributed by atoms with E-state index >= 15 is 0 Å². The molecule has 2 atom stereocenters. The quantitative estimate of drug-likeness (QED) is 0.664. The normalized spacial score (nSPS) is 22.5. The zero-order chi connectivity index (χ0) is 23.7. The highest BCUT2D eigenvalue weighted by atomic mass is 16.2. The minimum Gasteiger partial charge on any atom is -0.337 e. The summed E-state index contributed by atoms with van der Waals surface area (Å²) in [7, 11) is 0. The van der Waals surface area contributed by atoms with Crippen molar-refractivity contribution in [2.24, 2.45) is 0 Å². The van der Waals surface area contributed by atoms with E-state index in [-0.39, 0.29) is 30.2 Å². The van der Waals surface area contributed by atoms with Crippen LogP contribution in [0.2, 0.25) is 0 Å². The fourth-order valence-electron chi connectivity index (χ4n) is 5.09. The van der Waals surface area contributed by atoms with Crippen LogP contribution in [-0.4, -0.2) is 58.6 Å². The molecule has 0 aromatic heterocycles. The minimum absolute atomic E-state index is 0.0664. The number of rotatable bonds is 5. The maximum absolute atomic E-state index is 12.9. The summed E-state index contributed by atoms with van der Waals surface area (Å²) in [5.41, 5.74) is 3.29. The fraction of sp³-hybridized carbons (Fsp3) is 0.385. The lowest BCUT2D eigenvalue weighted by molar-refractivity contribution is -0.136. The van der Waals surface area contributed by atoms with E-state index in [1.54, 1.807) is 4.90 Å². The Morgan fingerprint density at radius 3 is 2.68 bits per heavy atom. The van der Waals surface area contributed by atoms with Crippen LogP contribution >= 0.6 is 0 Å². The Bertz CT molecular complexity index is 1130. The number of benzene rings is 2. The lowest BCUT2D eigenvalue weighted by Gasteiger charge is -2.33. The number of carbonyl (C=O) groups excluding carboxylic acids is 4. The standard InChI is InChI=1S/C26H28N4O4/c31-23-11-10-22(24(32)28-23)30-15-19-13-17(8-9-21(19)26(30)34)14-27-20-7-4-12-29(16-20)25(33)18-5-2-1-3-6-18/h1-3,5-6,8-9,13,20,22,27H,4,7,10-12,14-16H2,(H,28,31,32)/t20-,22?/m1/s1. The van der Waals surface area contributed by atoms with Crippen molar-refractivity contribution in [2.45, 2.75) is 50.9 Å². The van der Waals surface area contributed by atoms with E-state index in [1.807, 2.05) is 53.4 Å². The van der Waals surface area contributed by atoms with E-state index < -0.39 is 11.9 Å². The van der Waals surface area contributed by atoms with Crippen molar-refractivity contribution >= 4 is 23.6 Å². The van der Waals surface area contributed by atoms with Crippen molar-refractivity contribution < 1.29 is 19.2 Å². The Kier molecular flexibility index (Phi) is 6.15. The van der Waals surface area contributed by atoms with Crippen molar-refractivity contribution in [3.8, 4) is 0 Å². The van der Waals surface area contributed by atoms with Gasteiger partial charge in [-0.25, -0.2) is 0 Å². The number of fused-ring (bicyclic) bond motifs is 1. The van der Waals surface area contributed by atoms with Crippen LogP contribution in [-0.2, 0) is 22.7 Å². The van der Waals surface area contributed by atoms with Gasteiger partial charge in [0.1, 0.15) is 6.04 Å². The van der Waals surface area contributed by atoms with Gasteiger partial charge in [0.25, 0.3) is 11.8 Å². The third-order valence-electron chi connectivity index (χ3n) is 6.91. The SMILES string of the molecule is O=C1CCC(N2Cc3cc(CN[C@@H]4CCCN(C(=O)c5ccccc5)C4)ccc3C2=O)C(=O)N1. The van der Waals surface area contributed by atoms with Gasteiger partial charge >= 0.3 is 0 Å². The molecule has 0 spiro atoms. The summed E-state index contributed by atoms with van der Waals surface area (Å²) in [4.78, 5) is 52.8. The van der Waals surface area contributed by atoms with E-state index in [2.05, 4.69) is 10.6 Å². The first-order valence-corrected chi connectivity index (χ1v) is 11.8. The van der Waals surface area contributed by atoms with Crippen LogP contribution < -0.4 is 10.6 Å². The van der Waals surface area contributed by atoms with Crippen LogP contribution in [0.4, 0.5) is 0 Å². The number of imide groups is 1. The molecule has 176 valence electrons. The number of nitrogens with zero attached hydrogens (tertiary/aromatic N) is 2. The molecule has 0 saturated carbocycles. The van der Waals surface area contributed by atoms with Crippen LogP contribution in [0.25, 0.3) is 0 Å². The molecule has 2 saturated heterocycles. The molecule has 2 fully saturated rings. The Balaban J connectivity index is 1.19. The van der Waals surface area contributed by atoms with Gasteiger partial charge in [0.15, 0.2) is 0 Å². The third kappa shape index (κ3) is 4.46. The molecule has 34 heavy (non-hydrogen) atoms. The third-order valence-corrected chi connectivity index (χ3v) is 6.91. The Morgan fingerprint density at radius 2 is 1.88 bits per heavy atom. The van der Waals surface area contributed by atoms with Crippen LogP contribution in [0.1, 0.15) is 57.5 Å². The van der Waals surface area contributed by atoms with Crippen molar-refractivity contribution in [3.63, 3.8) is 0 Å². The van der Waals surface area contributed by atoms with Gasteiger partial charge in [-0.1, -0.05) is 30.3 Å². The maximum Gasteiger partial charge on any atom is 0.255 e. The highest BCUT2D eigenvalue weighted by Crippen LogP contribution is 2.28. The number of amides is 4. The van der Waals surface area contributed by atoms with E-state index in [0.29, 0.717) is 37.2 Å². The summed E-state index contributed by atoms with van der Waals surface area (Å²) in [5.74, 6) is -0.778. The molecule has 1 unspecified atom stereocenters. The van der Waals surface area contributed by atoms with E-state index in [9.17, 15) is 19.2 Å². The predicted molar refractivity (Wildman–Crippen MR) is 125 cm³/mol. The summed E-state index contributed by atoms with van der Waals surface area (Å²) < 4.78 is 0. The van der Waals surface area contributed by atoms with Gasteiger partial charge in [-0.3, -0.25) is 24.5 Å². The van der Waals surface area contributed by atoms with Gasteiger partial charge in [-0.05, 0) is 48.6 Å². The number of hydrogen-bond acceptors (Lipinski definition) is 5. The molecule has 3 aliphatic rings. The minimum atomic E-state index is -0.602. The lowest BCUT2D eigenvalue weighted by Crippen LogP contribution is -2.52. The summed E-state index contributed by atoms with van der Waals surface area (Å²) in [6.45, 7) is 2.44. The first kappa shape index (κ1) is 22.3. The second kappa shape index (κ2) is 9.38. The fourth-order valence-corrected chi connectivity index (χ4v) is 5.09. The zero-order valence-corrected chi connectivity index (χ0v) is 19.0. The molecule has 0 bridgehead atoms. The molecular formula is C26H28N4O4. The molecule has 8 heteroatoms. The average molecular weight is 461 g/mol. The molecule has 2 N–H and O–H groups in total. The van der Waals surface area contributed by atoms with Gasteiger partial charge in [0.05, 0.1) is 0 Å². The number of likely N-dealkylation sites (tertiary alicyclic amines) is 1. The van der Waals surface area contributed by atoms with E-state index in [4.69, 9.17) is 0 Å². The molecule has 8 nitrogen and oxygen atoms in total. The highest BCUT2D eigenvalue weighted by Gasteiger charge is 2.39. The van der Waals surface area contributed by atoms with E-state index in [0.717, 1.165) is 30.5 Å². The predicted octanol–water partition coefficient (Wildman–Crippen LogP) is 1.84. The van der Waals surface area contributed by atoms with Gasteiger partial charge in [0, 0.05) is 49.8 Å². The molecule has 3 heterocycles. The van der Waals surface area contributed by atoms with Crippen molar-refractivity contribution in [2.75, 3.05) is 13.1 Å². The van der Waals surface area contributed by atoms with Crippen LogP contribution in [0.15, 0.2) is 48.5 Å². The first-order valence-electron chi connectivity index (χ1n) is 11.8. The highest BCUT2D eigenvalue weighted by molar-refractivity contribution is 6.05. The van der Waals surface area contributed by atoms with E-state index in [1.165, 1.54) is 0 Å². The van der Waals surface area contributed by atoms with Gasteiger partial charge < -0.3 is 15.1 Å². The second-order valence-corrected chi connectivity index (χ2v) is 9.23. The van der Waals surface area contributed by atoms with Crippen molar-refractivity contribution in [3.05, 3.63) is 70.8 Å². The number of hydrogen-bond donors (Lipinski definition) is 2. The van der Waals surface area contributed by atoms with Crippen LogP contribution in [0.5, 0.6) is 0 Å². The molecular weight excluding hydrogens is 432 g/mol. The molecule has 0 radical (unpaired) electrons. The summed E-state index contributed by atoms with van der Waals surface area (Å²) in [6.07, 6.45) is 2.57. The summed E-state index contributed by atoms with van der Waals surface area (Å²) in [5, 5.41) is 5.90. The summed E-state index contributed by atoms with van der Waals surface area (Å²) in [6, 6.07) is 14.8.